The van der Waals surface area contributed by atoms with Gasteiger partial charge in [0.1, 0.15) is 29.6 Å². The van der Waals surface area contributed by atoms with E-state index in [4.69, 9.17) is 24.1 Å². The quantitative estimate of drug-likeness (QED) is 0.0824. The lowest BCUT2D eigenvalue weighted by Gasteiger charge is -2.32. The predicted octanol–water partition coefficient (Wildman–Crippen LogP) is 5.23. The SMILES string of the molecule is C1CCOC1.C=CC(=O)OC(=O)C=C.C=CC(=O)OC1(C)COC(=O)C1(C)C.C=CC(=O)OCC(C)=O.CC(=O)CO.CCN(CC)CC.CCOC(=O)C(C)(C)Br. The predicted molar refractivity (Wildman–Crippen MR) is 224 cm³/mol. The number of esters is 6. The Balaban J connectivity index is -0.000000194. The molecule has 16 nitrogen and oxygen atoms in total. The van der Waals surface area contributed by atoms with Crippen molar-refractivity contribution in [2.45, 2.75) is 98.9 Å². The Labute approximate surface area is 353 Å². The molecule has 58 heavy (non-hydrogen) atoms. The van der Waals surface area contributed by atoms with Gasteiger partial charge in [0.05, 0.1) is 6.61 Å². The molecule has 2 saturated heterocycles. The van der Waals surface area contributed by atoms with Gasteiger partial charge in [0.25, 0.3) is 0 Å². The molecule has 0 spiro atoms. The van der Waals surface area contributed by atoms with E-state index in [0.717, 1.165) is 37.5 Å². The van der Waals surface area contributed by atoms with E-state index < -0.39 is 39.2 Å². The van der Waals surface area contributed by atoms with E-state index in [2.05, 4.69) is 77.4 Å². The zero-order valence-electron chi connectivity index (χ0n) is 36.4. The first kappa shape index (κ1) is 62.9. The van der Waals surface area contributed by atoms with E-state index in [1.54, 1.807) is 41.5 Å². The van der Waals surface area contributed by atoms with E-state index in [0.29, 0.717) is 6.61 Å². The topological polar surface area (TPSA) is 215 Å². The fourth-order valence-electron chi connectivity index (χ4n) is 3.10. The summed E-state index contributed by atoms with van der Waals surface area (Å²) in [6, 6.07) is 0. The van der Waals surface area contributed by atoms with Crippen LogP contribution in [0.5, 0.6) is 0 Å². The number of halogens is 1. The number of ether oxygens (including phenoxy) is 6. The summed E-state index contributed by atoms with van der Waals surface area (Å²) < 4.78 is 27.5. The number of cyclic esters (lactones) is 1. The standard InChI is InChI=1S/C10H14O4.C6H11BrO2.C6H15N.C6H8O3.C6H6O3.C4H8O.C3H6O2/c1-5-7(11)14-10(4)6-13-8(12)9(10,2)3;1-4-9-5(8)6(2,3)7;1-4-7(5-2)6-3;1-3-6(8)9-4-5(2)7;1-3-5(7)9-6(8)4-2;1-2-4-5-3-1;1-3(5)2-4/h5H,1,6H2,2-4H3;4H2,1-3H3;4-6H2,1-3H3;3H,1,4H2,2H3;3-4H,1-2H2;1-4H2;4H,2H2,1H3. The van der Waals surface area contributed by atoms with E-state index in [-0.39, 0.29) is 43.3 Å². The number of nitrogens with zero attached hydrogens (tertiary/aromatic N) is 1. The molecule has 0 aromatic heterocycles. The van der Waals surface area contributed by atoms with Crippen molar-refractivity contribution in [2.75, 3.05) is 59.3 Å². The highest BCUT2D eigenvalue weighted by molar-refractivity contribution is 9.10. The number of alkyl halides is 1. The molecule has 0 radical (unpaired) electrons. The fourth-order valence-corrected chi connectivity index (χ4v) is 3.21. The van der Waals surface area contributed by atoms with Crippen molar-refractivity contribution in [2.24, 2.45) is 5.41 Å². The second-order valence-corrected chi connectivity index (χ2v) is 14.7. The maximum Gasteiger partial charge on any atom is 0.338 e. The third-order valence-electron chi connectivity index (χ3n) is 7.07. The molecule has 1 unspecified atom stereocenters. The minimum absolute atomic E-state index is 0.0956. The molecule has 0 aromatic rings. The second-order valence-electron chi connectivity index (χ2n) is 12.7. The van der Waals surface area contributed by atoms with E-state index in [1.165, 1.54) is 46.3 Å². The number of aliphatic hydroxyl groups is 1. The van der Waals surface area contributed by atoms with Crippen LogP contribution in [0.4, 0.5) is 0 Å². The Morgan fingerprint density at radius 2 is 1.19 bits per heavy atom. The number of carbonyl (C=O) groups excluding carboxylic acids is 8. The third kappa shape index (κ3) is 36.0. The van der Waals surface area contributed by atoms with Gasteiger partial charge in [-0.25, -0.2) is 19.2 Å². The minimum Gasteiger partial charge on any atom is -0.465 e. The molecule has 334 valence electrons. The number of hydrogen-bond donors (Lipinski definition) is 1. The molecule has 0 aromatic carbocycles. The molecular weight excluding hydrogens is 826 g/mol. The largest absolute Gasteiger partial charge is 0.465 e. The number of carbonyl (C=O) groups is 8. The molecule has 0 amide bonds. The molecule has 2 rings (SSSR count). The van der Waals surface area contributed by atoms with Gasteiger partial charge in [0.15, 0.2) is 17.2 Å². The molecule has 1 N–H and O–H groups in total. The molecule has 0 aliphatic carbocycles. The van der Waals surface area contributed by atoms with Gasteiger partial charge in [-0.1, -0.05) is 63.0 Å². The zero-order valence-corrected chi connectivity index (χ0v) is 38.0. The van der Waals surface area contributed by atoms with Crippen molar-refractivity contribution in [3.63, 3.8) is 0 Å². The van der Waals surface area contributed by atoms with Crippen LogP contribution in [0.1, 0.15) is 89.0 Å². The van der Waals surface area contributed by atoms with E-state index in [9.17, 15) is 38.4 Å². The van der Waals surface area contributed by atoms with Crippen LogP contribution in [-0.2, 0) is 66.8 Å². The van der Waals surface area contributed by atoms with Crippen LogP contribution in [0.3, 0.4) is 0 Å². The summed E-state index contributed by atoms with van der Waals surface area (Å²) in [5.74, 6) is -3.57. The average Bonchev–Trinajstić information content (AvgIpc) is 3.83. The van der Waals surface area contributed by atoms with E-state index >= 15 is 0 Å². The van der Waals surface area contributed by atoms with Crippen LogP contribution in [0.25, 0.3) is 0 Å². The molecule has 2 heterocycles. The van der Waals surface area contributed by atoms with Gasteiger partial charge in [-0.2, -0.15) is 0 Å². The molecular formula is C41H68BrNO15. The van der Waals surface area contributed by atoms with Gasteiger partial charge in [-0.15, -0.1) is 0 Å². The Hall–Kier alpha value is -4.32. The van der Waals surface area contributed by atoms with Crippen molar-refractivity contribution in [3.8, 4) is 0 Å². The molecule has 17 heteroatoms. The lowest BCUT2D eigenvalue weighted by molar-refractivity contribution is -0.161. The summed E-state index contributed by atoms with van der Waals surface area (Å²) in [5, 5.41) is 7.79. The maximum absolute atomic E-state index is 11.3. The molecule has 1 atom stereocenters. The highest BCUT2D eigenvalue weighted by Crippen LogP contribution is 2.41. The first-order valence-electron chi connectivity index (χ1n) is 18.4. The van der Waals surface area contributed by atoms with E-state index in [1.807, 2.05) is 0 Å². The summed E-state index contributed by atoms with van der Waals surface area (Å²) in [4.78, 5) is 85.9. The Morgan fingerprint density at radius 3 is 1.40 bits per heavy atom. The van der Waals surface area contributed by atoms with Gasteiger partial charge in [-0.3, -0.25) is 19.2 Å². The molecule has 2 fully saturated rings. The maximum atomic E-state index is 11.3. The Morgan fingerprint density at radius 1 is 0.776 bits per heavy atom. The number of aliphatic hydroxyl groups excluding tert-OH is 1. The van der Waals surface area contributed by atoms with Gasteiger partial charge in [-0.05, 0) is 87.9 Å². The summed E-state index contributed by atoms with van der Waals surface area (Å²) in [7, 11) is 0. The number of Topliss-reactive ketones (excluding diaryl/α,β-unsaturated/α-hetero) is 2. The van der Waals surface area contributed by atoms with Crippen LogP contribution in [0.2, 0.25) is 0 Å². The molecule has 0 saturated carbocycles. The van der Waals surface area contributed by atoms with Crippen molar-refractivity contribution < 1.29 is 71.9 Å². The number of hydrogen-bond acceptors (Lipinski definition) is 16. The summed E-state index contributed by atoms with van der Waals surface area (Å²) in [6.45, 7) is 37.8. The highest BCUT2D eigenvalue weighted by Gasteiger charge is 2.56. The first-order chi connectivity index (χ1) is 26.8. The summed E-state index contributed by atoms with van der Waals surface area (Å²) in [5.41, 5.74) is -1.72. The van der Waals surface area contributed by atoms with Crippen LogP contribution >= 0.6 is 15.9 Å². The van der Waals surface area contributed by atoms with Crippen LogP contribution in [0.15, 0.2) is 50.6 Å². The lowest BCUT2D eigenvalue weighted by atomic mass is 9.78. The van der Waals surface area contributed by atoms with Crippen LogP contribution in [0, 0.1) is 5.41 Å². The fraction of sp³-hybridized carbons (Fsp3) is 0.610. The van der Waals surface area contributed by atoms with Gasteiger partial charge < -0.3 is 38.4 Å². The summed E-state index contributed by atoms with van der Waals surface area (Å²) >= 11 is 3.17. The summed E-state index contributed by atoms with van der Waals surface area (Å²) in [6.07, 6.45) is 6.45. The van der Waals surface area contributed by atoms with Crippen LogP contribution < -0.4 is 0 Å². The second kappa shape index (κ2) is 37.0. The average molecular weight is 895 g/mol. The van der Waals surface area contributed by atoms with Crippen molar-refractivity contribution in [1.82, 2.24) is 4.90 Å². The first-order valence-corrected chi connectivity index (χ1v) is 19.2. The van der Waals surface area contributed by atoms with Gasteiger partial charge in [0.2, 0.25) is 0 Å². The zero-order chi connectivity index (χ0) is 46.5. The van der Waals surface area contributed by atoms with Gasteiger partial charge in [0, 0.05) is 37.5 Å². The third-order valence-corrected chi connectivity index (χ3v) is 7.40. The number of rotatable bonds is 13. The number of ketones is 2. The lowest BCUT2D eigenvalue weighted by Crippen LogP contribution is -2.46. The van der Waals surface area contributed by atoms with Crippen molar-refractivity contribution >= 4 is 63.3 Å². The smallest absolute Gasteiger partial charge is 0.338 e. The minimum atomic E-state index is -0.907. The normalized spacial score (nSPS) is 15.2. The molecule has 2 aliphatic heterocycles. The highest BCUT2D eigenvalue weighted by atomic mass is 79.9. The Bertz CT molecular complexity index is 1270. The van der Waals surface area contributed by atoms with Crippen LogP contribution in [-0.4, -0.2) is 127 Å². The van der Waals surface area contributed by atoms with Crippen molar-refractivity contribution in [1.29, 1.82) is 0 Å². The molecule has 2 aliphatic rings. The van der Waals surface area contributed by atoms with Gasteiger partial charge >= 0.3 is 35.8 Å². The van der Waals surface area contributed by atoms with Crippen molar-refractivity contribution in [3.05, 3.63) is 50.6 Å². The monoisotopic (exact) mass is 893 g/mol. The Kier molecular flexibility index (Phi) is 40.1. The molecule has 0 bridgehead atoms.